The molecule has 4 nitrogen and oxygen atoms in total. The number of benzene rings is 3. The van der Waals surface area contributed by atoms with Crippen LogP contribution in [0.4, 0.5) is 0 Å². The van der Waals surface area contributed by atoms with Gasteiger partial charge in [-0.1, -0.05) is 97.9 Å². The third-order valence-corrected chi connectivity index (χ3v) is 5.74. The second-order valence-electron chi connectivity index (χ2n) is 8.23. The first kappa shape index (κ1) is 24.1. The third-order valence-electron chi connectivity index (χ3n) is 5.74. The van der Waals surface area contributed by atoms with Crippen molar-refractivity contribution < 1.29 is 19.3 Å². The smallest absolute Gasteiger partial charge is 0.115 e. The van der Waals surface area contributed by atoms with Crippen LogP contribution in [0.25, 0.3) is 0 Å². The molecule has 3 aromatic rings. The molecular weight excluding hydrogens is 400 g/mol. The molecular formula is C28H34O4. The number of aliphatic hydroxyl groups excluding tert-OH is 1. The Bertz CT molecular complexity index is 885. The van der Waals surface area contributed by atoms with E-state index in [2.05, 4.69) is 6.92 Å². The number of ether oxygens (including phenoxy) is 3. The average molecular weight is 435 g/mol. The van der Waals surface area contributed by atoms with Crippen LogP contribution in [-0.4, -0.2) is 29.5 Å². The molecule has 1 N–H and O–H groups in total. The summed E-state index contributed by atoms with van der Waals surface area (Å²) in [5.74, 6) is 0. The molecule has 3 rings (SSSR count). The Morgan fingerprint density at radius 1 is 0.719 bits per heavy atom. The molecule has 0 amide bonds. The zero-order valence-corrected chi connectivity index (χ0v) is 19.0. The van der Waals surface area contributed by atoms with Gasteiger partial charge in [0, 0.05) is 0 Å². The third kappa shape index (κ3) is 7.28. The van der Waals surface area contributed by atoms with Gasteiger partial charge in [-0.05, 0) is 30.0 Å². The minimum Gasteiger partial charge on any atom is -0.388 e. The van der Waals surface area contributed by atoms with Gasteiger partial charge in [0.25, 0.3) is 0 Å². The summed E-state index contributed by atoms with van der Waals surface area (Å²) < 4.78 is 18.5. The minimum atomic E-state index is -0.830. The molecule has 170 valence electrons. The van der Waals surface area contributed by atoms with Crippen molar-refractivity contribution in [2.24, 2.45) is 0 Å². The number of aliphatic hydroxyl groups is 1. The maximum Gasteiger partial charge on any atom is 0.115 e. The van der Waals surface area contributed by atoms with Crippen LogP contribution >= 0.6 is 0 Å². The van der Waals surface area contributed by atoms with Crippen molar-refractivity contribution in [3.05, 3.63) is 108 Å². The van der Waals surface area contributed by atoms with Gasteiger partial charge in [-0.25, -0.2) is 0 Å². The predicted octanol–water partition coefficient (Wildman–Crippen LogP) is 5.54. The van der Waals surface area contributed by atoms with E-state index in [0.717, 1.165) is 16.7 Å². The summed E-state index contributed by atoms with van der Waals surface area (Å²) in [5.41, 5.74) is 2.53. The molecule has 0 unspecified atom stereocenters. The fourth-order valence-corrected chi connectivity index (χ4v) is 3.62. The Morgan fingerprint density at radius 3 is 1.69 bits per heavy atom. The van der Waals surface area contributed by atoms with E-state index in [1.807, 2.05) is 97.9 Å². The van der Waals surface area contributed by atoms with E-state index >= 15 is 0 Å². The zero-order chi connectivity index (χ0) is 22.7. The van der Waals surface area contributed by atoms with Crippen molar-refractivity contribution in [3.8, 4) is 0 Å². The molecule has 0 bridgehead atoms. The van der Waals surface area contributed by atoms with Gasteiger partial charge in [-0.2, -0.15) is 0 Å². The van der Waals surface area contributed by atoms with Crippen LogP contribution < -0.4 is 0 Å². The summed E-state index contributed by atoms with van der Waals surface area (Å²) in [6.45, 7) is 5.52. The molecule has 4 heteroatoms. The summed E-state index contributed by atoms with van der Waals surface area (Å²) in [7, 11) is 0. The molecule has 0 aliphatic rings. The maximum atomic E-state index is 11.1. The van der Waals surface area contributed by atoms with Gasteiger partial charge in [0.1, 0.15) is 12.2 Å². The van der Waals surface area contributed by atoms with E-state index in [4.69, 9.17) is 14.2 Å². The van der Waals surface area contributed by atoms with E-state index in [-0.39, 0.29) is 6.61 Å². The summed E-state index contributed by atoms with van der Waals surface area (Å²) in [6.07, 6.45) is -0.690. The van der Waals surface area contributed by atoms with Crippen LogP contribution in [0.2, 0.25) is 0 Å². The Morgan fingerprint density at radius 2 is 1.19 bits per heavy atom. The maximum absolute atomic E-state index is 11.1. The summed E-state index contributed by atoms with van der Waals surface area (Å²) >= 11 is 0. The number of hydrogen-bond donors (Lipinski definition) is 1. The molecule has 0 fully saturated rings. The van der Waals surface area contributed by atoms with Crippen LogP contribution in [0.3, 0.4) is 0 Å². The Kier molecular flexibility index (Phi) is 9.44. The normalized spacial score (nSPS) is 15.1. The van der Waals surface area contributed by atoms with Gasteiger partial charge in [0.15, 0.2) is 0 Å². The first-order chi connectivity index (χ1) is 15.6. The first-order valence-electron chi connectivity index (χ1n) is 11.2. The zero-order valence-electron chi connectivity index (χ0n) is 19.0. The van der Waals surface area contributed by atoms with Crippen LogP contribution in [-0.2, 0) is 34.0 Å². The second kappa shape index (κ2) is 12.5. The van der Waals surface area contributed by atoms with Gasteiger partial charge >= 0.3 is 0 Å². The largest absolute Gasteiger partial charge is 0.388 e. The van der Waals surface area contributed by atoms with Crippen LogP contribution in [0.1, 0.15) is 37.0 Å². The highest BCUT2D eigenvalue weighted by molar-refractivity contribution is 5.15. The Hall–Kier alpha value is -2.50. The topological polar surface area (TPSA) is 47.9 Å². The lowest BCUT2D eigenvalue weighted by molar-refractivity contribution is -0.194. The molecule has 0 spiro atoms. The highest BCUT2D eigenvalue weighted by Crippen LogP contribution is 2.28. The quantitative estimate of drug-likeness (QED) is 0.384. The fraction of sp³-hybridized carbons (Fsp3) is 0.357. The molecule has 0 aliphatic carbocycles. The molecule has 0 aliphatic heterocycles. The molecule has 0 saturated heterocycles. The number of hydrogen-bond acceptors (Lipinski definition) is 4. The molecule has 3 aromatic carbocycles. The summed E-state index contributed by atoms with van der Waals surface area (Å²) in [5, 5.41) is 11.1. The lowest BCUT2D eigenvalue weighted by atomic mass is 9.91. The van der Waals surface area contributed by atoms with E-state index < -0.39 is 17.8 Å². The van der Waals surface area contributed by atoms with E-state index in [0.29, 0.717) is 26.2 Å². The summed E-state index contributed by atoms with van der Waals surface area (Å²) in [6, 6.07) is 30.0. The SMILES string of the molecule is CC[C@](C)(OCc1ccccc1)[C@H](OCc1ccccc1)[C@H](O)COCc1ccccc1. The van der Waals surface area contributed by atoms with E-state index in [1.165, 1.54) is 0 Å². The van der Waals surface area contributed by atoms with Gasteiger partial charge in [-0.3, -0.25) is 0 Å². The molecule has 0 aromatic heterocycles. The fourth-order valence-electron chi connectivity index (χ4n) is 3.62. The van der Waals surface area contributed by atoms with Crippen molar-refractivity contribution in [3.63, 3.8) is 0 Å². The lowest BCUT2D eigenvalue weighted by Crippen LogP contribution is -2.51. The molecule has 3 atom stereocenters. The van der Waals surface area contributed by atoms with Gasteiger partial charge in [0.05, 0.1) is 32.0 Å². The van der Waals surface area contributed by atoms with E-state index in [1.54, 1.807) is 0 Å². The minimum absolute atomic E-state index is 0.165. The van der Waals surface area contributed by atoms with Crippen LogP contribution in [0.5, 0.6) is 0 Å². The van der Waals surface area contributed by atoms with Crippen molar-refractivity contribution >= 4 is 0 Å². The van der Waals surface area contributed by atoms with Crippen LogP contribution in [0.15, 0.2) is 91.0 Å². The monoisotopic (exact) mass is 434 g/mol. The van der Waals surface area contributed by atoms with Crippen molar-refractivity contribution in [2.45, 2.75) is 57.9 Å². The van der Waals surface area contributed by atoms with Crippen molar-refractivity contribution in [2.75, 3.05) is 6.61 Å². The van der Waals surface area contributed by atoms with Crippen molar-refractivity contribution in [1.82, 2.24) is 0 Å². The second-order valence-corrected chi connectivity index (χ2v) is 8.23. The lowest BCUT2D eigenvalue weighted by Gasteiger charge is -2.39. The standard InChI is InChI=1S/C28H34O4/c1-3-28(2,32-21-25-17-11-6-12-18-25)27(31-20-24-15-9-5-10-16-24)26(29)22-30-19-23-13-7-4-8-14-23/h4-18,26-27,29H,3,19-22H2,1-2H3/t26-,27-,28+/m1/s1. The van der Waals surface area contributed by atoms with Gasteiger partial charge < -0.3 is 19.3 Å². The Balaban J connectivity index is 1.68. The molecule has 0 saturated carbocycles. The first-order valence-corrected chi connectivity index (χ1v) is 11.2. The van der Waals surface area contributed by atoms with Crippen molar-refractivity contribution in [1.29, 1.82) is 0 Å². The molecule has 32 heavy (non-hydrogen) atoms. The predicted molar refractivity (Wildman–Crippen MR) is 127 cm³/mol. The molecule has 0 radical (unpaired) electrons. The number of rotatable bonds is 13. The highest BCUT2D eigenvalue weighted by atomic mass is 16.6. The average Bonchev–Trinajstić information content (AvgIpc) is 2.85. The highest BCUT2D eigenvalue weighted by Gasteiger charge is 2.40. The van der Waals surface area contributed by atoms with E-state index in [9.17, 15) is 5.11 Å². The van der Waals surface area contributed by atoms with Gasteiger partial charge in [0.2, 0.25) is 0 Å². The van der Waals surface area contributed by atoms with Gasteiger partial charge in [-0.15, -0.1) is 0 Å². The summed E-state index contributed by atoms with van der Waals surface area (Å²) in [4.78, 5) is 0. The molecule has 0 heterocycles. The van der Waals surface area contributed by atoms with Crippen LogP contribution in [0, 0.1) is 0 Å². The Labute approximate surface area is 191 Å².